The summed E-state index contributed by atoms with van der Waals surface area (Å²) in [4.78, 5) is 2.05. The van der Waals surface area contributed by atoms with Gasteiger partial charge in [-0.1, -0.05) is 0 Å². The molecule has 1 aromatic rings. The molecule has 2 rings (SSSR count). The number of hydrogen-bond donors (Lipinski definition) is 0. The number of aromatic nitrogens is 2. The van der Waals surface area contributed by atoms with Gasteiger partial charge in [0.15, 0.2) is 9.84 Å². The molecular formula is C8H13N3O2S. The van der Waals surface area contributed by atoms with Gasteiger partial charge in [0.25, 0.3) is 0 Å². The monoisotopic (exact) mass is 215 g/mol. The summed E-state index contributed by atoms with van der Waals surface area (Å²) in [5.41, 5.74) is 0. The van der Waals surface area contributed by atoms with Crippen LogP contribution >= 0.6 is 0 Å². The first-order valence-electron chi connectivity index (χ1n) is 4.52. The molecule has 0 unspecified atom stereocenters. The molecule has 0 aliphatic carbocycles. The quantitative estimate of drug-likeness (QED) is 0.643. The van der Waals surface area contributed by atoms with Crippen LogP contribution in [0.4, 0.5) is 5.82 Å². The smallest absolute Gasteiger partial charge is 0.153 e. The standard InChI is InChI=1S/C8H13N3O2S/c1-10-8(2-3-9-10)11-4-6-14(12,13)7-5-11/h2-3H,4-7H2,1H3. The fourth-order valence-electron chi connectivity index (χ4n) is 1.62. The summed E-state index contributed by atoms with van der Waals surface area (Å²) in [7, 11) is -0.931. The van der Waals surface area contributed by atoms with Crippen molar-refractivity contribution in [1.29, 1.82) is 0 Å². The minimum absolute atomic E-state index is 0.248. The number of hydrogen-bond acceptors (Lipinski definition) is 4. The van der Waals surface area contributed by atoms with Crippen LogP contribution in [0.1, 0.15) is 0 Å². The summed E-state index contributed by atoms with van der Waals surface area (Å²) in [5, 5.41) is 4.05. The zero-order valence-corrected chi connectivity index (χ0v) is 8.87. The summed E-state index contributed by atoms with van der Waals surface area (Å²) in [6.07, 6.45) is 1.72. The lowest BCUT2D eigenvalue weighted by Crippen LogP contribution is -2.41. The number of rotatable bonds is 1. The van der Waals surface area contributed by atoms with E-state index in [1.54, 1.807) is 10.9 Å². The van der Waals surface area contributed by atoms with Crippen molar-refractivity contribution in [2.45, 2.75) is 0 Å². The van der Waals surface area contributed by atoms with E-state index in [0.717, 1.165) is 5.82 Å². The van der Waals surface area contributed by atoms with Gasteiger partial charge in [-0.15, -0.1) is 0 Å². The second-order valence-electron chi connectivity index (χ2n) is 3.45. The van der Waals surface area contributed by atoms with Crippen LogP contribution in [0.15, 0.2) is 12.3 Å². The van der Waals surface area contributed by atoms with Crippen LogP contribution in [-0.4, -0.2) is 42.8 Å². The van der Waals surface area contributed by atoms with Gasteiger partial charge < -0.3 is 4.90 Å². The molecule has 1 aliphatic rings. The SMILES string of the molecule is Cn1nccc1N1CCS(=O)(=O)CC1. The van der Waals surface area contributed by atoms with Crippen LogP contribution in [0.3, 0.4) is 0 Å². The maximum absolute atomic E-state index is 11.2. The lowest BCUT2D eigenvalue weighted by molar-refractivity contribution is 0.584. The van der Waals surface area contributed by atoms with Crippen LogP contribution in [0.2, 0.25) is 0 Å². The average Bonchev–Trinajstić information content (AvgIpc) is 2.52. The molecule has 14 heavy (non-hydrogen) atoms. The summed E-state index contributed by atoms with van der Waals surface area (Å²) in [6.45, 7) is 1.14. The van der Waals surface area contributed by atoms with E-state index in [1.165, 1.54) is 0 Å². The Hall–Kier alpha value is -1.04. The minimum atomic E-state index is -2.79. The van der Waals surface area contributed by atoms with E-state index >= 15 is 0 Å². The lowest BCUT2D eigenvalue weighted by atomic mass is 10.4. The van der Waals surface area contributed by atoms with Gasteiger partial charge in [-0.25, -0.2) is 8.42 Å². The van der Waals surface area contributed by atoms with Crippen molar-refractivity contribution in [3.8, 4) is 0 Å². The van der Waals surface area contributed by atoms with Crippen molar-refractivity contribution < 1.29 is 8.42 Å². The third kappa shape index (κ3) is 1.75. The lowest BCUT2D eigenvalue weighted by Gasteiger charge is -2.28. The molecule has 0 saturated carbocycles. The highest BCUT2D eigenvalue weighted by atomic mass is 32.2. The van der Waals surface area contributed by atoms with Crippen LogP contribution < -0.4 is 4.90 Å². The van der Waals surface area contributed by atoms with Gasteiger partial charge in [-0.2, -0.15) is 5.10 Å². The Morgan fingerprint density at radius 3 is 2.50 bits per heavy atom. The van der Waals surface area contributed by atoms with Crippen molar-refractivity contribution in [1.82, 2.24) is 9.78 Å². The highest BCUT2D eigenvalue weighted by Gasteiger charge is 2.22. The Morgan fingerprint density at radius 1 is 1.36 bits per heavy atom. The van der Waals surface area contributed by atoms with Crippen LogP contribution in [0, 0.1) is 0 Å². The van der Waals surface area contributed by atoms with Gasteiger partial charge in [0, 0.05) is 26.2 Å². The topological polar surface area (TPSA) is 55.2 Å². The fourth-order valence-corrected chi connectivity index (χ4v) is 2.82. The molecule has 0 N–H and O–H groups in total. The first kappa shape index (κ1) is 9.51. The molecule has 5 nitrogen and oxygen atoms in total. The van der Waals surface area contributed by atoms with Crippen LogP contribution in [-0.2, 0) is 16.9 Å². The molecule has 0 aromatic carbocycles. The first-order chi connectivity index (χ1) is 6.58. The van der Waals surface area contributed by atoms with E-state index in [-0.39, 0.29) is 11.5 Å². The number of aryl methyl sites for hydroxylation is 1. The Morgan fingerprint density at radius 2 is 2.00 bits per heavy atom. The molecule has 1 saturated heterocycles. The molecule has 0 spiro atoms. The number of anilines is 1. The van der Waals surface area contributed by atoms with Gasteiger partial charge in [-0.3, -0.25) is 4.68 Å². The minimum Gasteiger partial charge on any atom is -0.355 e. The molecule has 1 aromatic heterocycles. The molecule has 6 heteroatoms. The van der Waals surface area contributed by atoms with E-state index in [0.29, 0.717) is 13.1 Å². The van der Waals surface area contributed by atoms with E-state index in [9.17, 15) is 8.42 Å². The average molecular weight is 215 g/mol. The van der Waals surface area contributed by atoms with Crippen LogP contribution in [0.25, 0.3) is 0 Å². The van der Waals surface area contributed by atoms with E-state index in [4.69, 9.17) is 0 Å². The van der Waals surface area contributed by atoms with Gasteiger partial charge in [0.1, 0.15) is 5.82 Å². The Kier molecular flexibility index (Phi) is 2.22. The van der Waals surface area contributed by atoms with Crippen molar-refractivity contribution >= 4 is 15.7 Å². The number of nitrogens with zero attached hydrogens (tertiary/aromatic N) is 3. The molecule has 2 heterocycles. The molecule has 0 radical (unpaired) electrons. The van der Waals surface area contributed by atoms with Crippen LogP contribution in [0.5, 0.6) is 0 Å². The second-order valence-corrected chi connectivity index (χ2v) is 5.76. The van der Waals surface area contributed by atoms with Crippen molar-refractivity contribution in [2.24, 2.45) is 7.05 Å². The summed E-state index contributed by atoms with van der Waals surface area (Å²) in [6, 6.07) is 1.90. The first-order valence-corrected chi connectivity index (χ1v) is 6.34. The fraction of sp³-hybridized carbons (Fsp3) is 0.625. The van der Waals surface area contributed by atoms with E-state index in [2.05, 4.69) is 5.10 Å². The van der Waals surface area contributed by atoms with Crippen molar-refractivity contribution in [3.05, 3.63) is 12.3 Å². The third-order valence-corrected chi connectivity index (χ3v) is 4.07. The number of sulfone groups is 1. The van der Waals surface area contributed by atoms with E-state index < -0.39 is 9.84 Å². The molecular weight excluding hydrogens is 202 g/mol. The highest BCUT2D eigenvalue weighted by Crippen LogP contribution is 2.15. The van der Waals surface area contributed by atoms with Gasteiger partial charge >= 0.3 is 0 Å². The van der Waals surface area contributed by atoms with Crippen molar-refractivity contribution in [2.75, 3.05) is 29.5 Å². The molecule has 1 fully saturated rings. The van der Waals surface area contributed by atoms with E-state index in [1.807, 2.05) is 18.0 Å². The van der Waals surface area contributed by atoms with Gasteiger partial charge in [-0.05, 0) is 0 Å². The zero-order chi connectivity index (χ0) is 10.2. The Labute approximate surface area is 83.2 Å². The summed E-state index contributed by atoms with van der Waals surface area (Å²) >= 11 is 0. The molecule has 0 bridgehead atoms. The largest absolute Gasteiger partial charge is 0.355 e. The van der Waals surface area contributed by atoms with Crippen molar-refractivity contribution in [3.63, 3.8) is 0 Å². The molecule has 1 aliphatic heterocycles. The zero-order valence-electron chi connectivity index (χ0n) is 8.05. The summed E-state index contributed by atoms with van der Waals surface area (Å²) < 4.78 is 24.2. The normalized spacial score (nSPS) is 21.1. The van der Waals surface area contributed by atoms with Gasteiger partial charge in [0.05, 0.1) is 17.7 Å². The molecule has 0 amide bonds. The predicted molar refractivity (Wildman–Crippen MR) is 54.1 cm³/mol. The van der Waals surface area contributed by atoms with Gasteiger partial charge in [0.2, 0.25) is 0 Å². The summed E-state index contributed by atoms with van der Waals surface area (Å²) in [5.74, 6) is 1.48. The predicted octanol–water partition coefficient (Wildman–Crippen LogP) is -0.345. The highest BCUT2D eigenvalue weighted by molar-refractivity contribution is 7.91. The Balaban J connectivity index is 2.13. The Bertz CT molecular complexity index is 410. The second kappa shape index (κ2) is 3.27. The third-order valence-electron chi connectivity index (χ3n) is 2.46. The maximum atomic E-state index is 11.2. The molecule has 78 valence electrons. The maximum Gasteiger partial charge on any atom is 0.153 e. The molecule has 0 atom stereocenters.